The van der Waals surface area contributed by atoms with Gasteiger partial charge in [0.25, 0.3) is 0 Å². The number of benzene rings is 1. The van der Waals surface area contributed by atoms with Gasteiger partial charge in [-0.25, -0.2) is 4.98 Å². The molecule has 116 valence electrons. The third-order valence-electron chi connectivity index (χ3n) is 2.75. The van der Waals surface area contributed by atoms with Crippen molar-refractivity contribution in [1.82, 2.24) is 15.6 Å². The summed E-state index contributed by atoms with van der Waals surface area (Å²) in [6, 6.07) is 8.17. The van der Waals surface area contributed by atoms with Gasteiger partial charge in [-0.15, -0.1) is 24.0 Å². The molecular formula is C14H22IN5S. The number of hydrogen-bond donors (Lipinski definition) is 3. The van der Waals surface area contributed by atoms with Gasteiger partial charge in [0.2, 0.25) is 0 Å². The van der Waals surface area contributed by atoms with Crippen LogP contribution in [0.2, 0.25) is 0 Å². The van der Waals surface area contributed by atoms with Crippen LogP contribution in [0.15, 0.2) is 29.3 Å². The SMILES string of the molecule is CCCNC(=NC)NCCNc1nc2ccccc2s1.I. The second-order valence-electron chi connectivity index (χ2n) is 4.34. The van der Waals surface area contributed by atoms with Crippen LogP contribution in [0.1, 0.15) is 13.3 Å². The lowest BCUT2D eigenvalue weighted by Gasteiger charge is -2.11. The maximum Gasteiger partial charge on any atom is 0.191 e. The van der Waals surface area contributed by atoms with Crippen LogP contribution in [0.3, 0.4) is 0 Å². The van der Waals surface area contributed by atoms with Gasteiger partial charge in [-0.1, -0.05) is 30.4 Å². The summed E-state index contributed by atoms with van der Waals surface area (Å²) < 4.78 is 1.21. The van der Waals surface area contributed by atoms with Gasteiger partial charge < -0.3 is 16.0 Å². The molecule has 0 amide bonds. The summed E-state index contributed by atoms with van der Waals surface area (Å²) in [5.74, 6) is 0.845. The Morgan fingerprint density at radius 3 is 2.67 bits per heavy atom. The molecule has 3 N–H and O–H groups in total. The Kier molecular flexibility index (Phi) is 8.36. The Hall–Kier alpha value is -1.09. The summed E-state index contributed by atoms with van der Waals surface area (Å²) in [5.41, 5.74) is 1.05. The molecule has 0 aliphatic carbocycles. The van der Waals surface area contributed by atoms with Crippen molar-refractivity contribution in [3.63, 3.8) is 0 Å². The fourth-order valence-electron chi connectivity index (χ4n) is 1.76. The first kappa shape index (κ1) is 18.0. The van der Waals surface area contributed by atoms with Crippen LogP contribution in [-0.2, 0) is 0 Å². The highest BCUT2D eigenvalue weighted by molar-refractivity contribution is 14.0. The molecule has 0 aliphatic heterocycles. The minimum Gasteiger partial charge on any atom is -0.360 e. The second kappa shape index (κ2) is 9.78. The number of aliphatic imine (C=N–C) groups is 1. The second-order valence-corrected chi connectivity index (χ2v) is 5.37. The van der Waals surface area contributed by atoms with E-state index in [-0.39, 0.29) is 24.0 Å². The third kappa shape index (κ3) is 5.66. The summed E-state index contributed by atoms with van der Waals surface area (Å²) in [6.07, 6.45) is 1.09. The molecule has 1 aromatic heterocycles. The van der Waals surface area contributed by atoms with Crippen LogP contribution in [-0.4, -0.2) is 37.6 Å². The van der Waals surface area contributed by atoms with E-state index in [4.69, 9.17) is 0 Å². The fraction of sp³-hybridized carbons (Fsp3) is 0.429. The van der Waals surface area contributed by atoms with Crippen molar-refractivity contribution in [2.24, 2.45) is 4.99 Å². The van der Waals surface area contributed by atoms with Gasteiger partial charge in [0.05, 0.1) is 10.2 Å². The molecule has 0 spiro atoms. The van der Waals surface area contributed by atoms with Crippen molar-refractivity contribution in [1.29, 1.82) is 0 Å². The molecule has 0 atom stereocenters. The van der Waals surface area contributed by atoms with Crippen LogP contribution < -0.4 is 16.0 Å². The summed E-state index contributed by atoms with van der Waals surface area (Å²) >= 11 is 1.68. The molecular weight excluding hydrogens is 397 g/mol. The van der Waals surface area contributed by atoms with E-state index in [1.54, 1.807) is 18.4 Å². The van der Waals surface area contributed by atoms with E-state index in [2.05, 4.69) is 38.9 Å². The lowest BCUT2D eigenvalue weighted by Crippen LogP contribution is -2.39. The van der Waals surface area contributed by atoms with Gasteiger partial charge >= 0.3 is 0 Å². The number of thiazole rings is 1. The topological polar surface area (TPSA) is 61.3 Å². The number of fused-ring (bicyclic) bond motifs is 1. The molecule has 5 nitrogen and oxygen atoms in total. The average molecular weight is 419 g/mol. The summed E-state index contributed by atoms with van der Waals surface area (Å²) in [6.45, 7) is 4.69. The summed E-state index contributed by atoms with van der Waals surface area (Å²) in [5, 5.41) is 10.8. The maximum atomic E-state index is 4.53. The number of para-hydroxylation sites is 1. The van der Waals surface area contributed by atoms with Crippen molar-refractivity contribution in [3.8, 4) is 0 Å². The zero-order valence-corrected chi connectivity index (χ0v) is 15.5. The number of halogens is 1. The number of nitrogens with zero attached hydrogens (tertiary/aromatic N) is 2. The first-order valence-corrected chi connectivity index (χ1v) is 7.69. The summed E-state index contributed by atoms with van der Waals surface area (Å²) in [7, 11) is 1.78. The number of guanidine groups is 1. The number of nitrogens with one attached hydrogen (secondary N) is 3. The number of anilines is 1. The van der Waals surface area contributed by atoms with Crippen LogP contribution >= 0.6 is 35.3 Å². The Morgan fingerprint density at radius 2 is 1.95 bits per heavy atom. The highest BCUT2D eigenvalue weighted by Crippen LogP contribution is 2.24. The van der Waals surface area contributed by atoms with Crippen molar-refractivity contribution in [2.75, 3.05) is 32.0 Å². The molecule has 21 heavy (non-hydrogen) atoms. The van der Waals surface area contributed by atoms with Gasteiger partial charge in [0.1, 0.15) is 0 Å². The van der Waals surface area contributed by atoms with Crippen LogP contribution in [0.25, 0.3) is 10.2 Å². The van der Waals surface area contributed by atoms with Crippen LogP contribution in [0, 0.1) is 0 Å². The molecule has 0 radical (unpaired) electrons. The Morgan fingerprint density at radius 1 is 1.19 bits per heavy atom. The van der Waals surface area contributed by atoms with E-state index in [0.717, 1.165) is 42.7 Å². The third-order valence-corrected chi connectivity index (χ3v) is 3.75. The maximum absolute atomic E-state index is 4.53. The van der Waals surface area contributed by atoms with Crippen molar-refractivity contribution >= 4 is 56.6 Å². The first-order chi connectivity index (χ1) is 9.83. The van der Waals surface area contributed by atoms with Gasteiger partial charge in [-0.05, 0) is 18.6 Å². The molecule has 0 bridgehead atoms. The van der Waals surface area contributed by atoms with E-state index in [0.29, 0.717) is 0 Å². The molecule has 2 aromatic rings. The van der Waals surface area contributed by atoms with E-state index < -0.39 is 0 Å². The van der Waals surface area contributed by atoms with Gasteiger partial charge in [0.15, 0.2) is 11.1 Å². The number of hydrogen-bond acceptors (Lipinski definition) is 4. The quantitative estimate of drug-likeness (QED) is 0.292. The highest BCUT2D eigenvalue weighted by Gasteiger charge is 2.02. The van der Waals surface area contributed by atoms with Gasteiger partial charge in [0, 0.05) is 26.7 Å². The monoisotopic (exact) mass is 419 g/mol. The Balaban J connectivity index is 0.00000220. The molecule has 0 saturated carbocycles. The molecule has 2 rings (SSSR count). The zero-order valence-electron chi connectivity index (χ0n) is 12.3. The predicted octanol–water partition coefficient (Wildman–Crippen LogP) is 2.90. The lowest BCUT2D eigenvalue weighted by molar-refractivity contribution is 0.785. The fourth-order valence-corrected chi connectivity index (χ4v) is 2.65. The molecule has 1 aromatic carbocycles. The lowest BCUT2D eigenvalue weighted by atomic mass is 10.3. The summed E-state index contributed by atoms with van der Waals surface area (Å²) in [4.78, 5) is 8.69. The first-order valence-electron chi connectivity index (χ1n) is 6.87. The van der Waals surface area contributed by atoms with Crippen molar-refractivity contribution in [2.45, 2.75) is 13.3 Å². The minimum absolute atomic E-state index is 0. The molecule has 0 saturated heterocycles. The highest BCUT2D eigenvalue weighted by atomic mass is 127. The minimum atomic E-state index is 0. The zero-order chi connectivity index (χ0) is 14.2. The van der Waals surface area contributed by atoms with E-state index in [9.17, 15) is 0 Å². The predicted molar refractivity (Wildman–Crippen MR) is 103 cm³/mol. The van der Waals surface area contributed by atoms with Gasteiger partial charge in [-0.3, -0.25) is 4.99 Å². The molecule has 0 aliphatic rings. The number of aromatic nitrogens is 1. The van der Waals surface area contributed by atoms with Crippen LogP contribution in [0.4, 0.5) is 5.13 Å². The smallest absolute Gasteiger partial charge is 0.191 e. The van der Waals surface area contributed by atoms with Crippen molar-refractivity contribution < 1.29 is 0 Å². The van der Waals surface area contributed by atoms with Crippen molar-refractivity contribution in [3.05, 3.63) is 24.3 Å². The standard InChI is InChI=1S/C14H21N5S.HI/c1-3-8-16-13(15-2)17-9-10-18-14-19-11-6-4-5-7-12(11)20-14;/h4-7H,3,8-10H2,1-2H3,(H,18,19)(H2,15,16,17);1H. The van der Waals surface area contributed by atoms with Crippen LogP contribution in [0.5, 0.6) is 0 Å². The molecule has 7 heteroatoms. The van der Waals surface area contributed by atoms with E-state index >= 15 is 0 Å². The van der Waals surface area contributed by atoms with Gasteiger partial charge in [-0.2, -0.15) is 0 Å². The molecule has 0 unspecified atom stereocenters. The van der Waals surface area contributed by atoms with E-state index in [1.165, 1.54) is 4.70 Å². The van der Waals surface area contributed by atoms with E-state index in [1.807, 2.05) is 18.2 Å². The largest absolute Gasteiger partial charge is 0.360 e. The number of rotatable bonds is 6. The Bertz CT molecular complexity index is 536. The Labute approximate surface area is 146 Å². The molecule has 1 heterocycles. The molecule has 0 fully saturated rings. The average Bonchev–Trinajstić information content (AvgIpc) is 2.89. The normalized spacial score (nSPS) is 11.0.